The van der Waals surface area contributed by atoms with Crippen molar-refractivity contribution >= 4 is 22.3 Å². The average molecular weight is 298 g/mol. The summed E-state index contributed by atoms with van der Waals surface area (Å²) in [6, 6.07) is 6.07. The number of fused-ring (bicyclic) bond motifs is 1. The Morgan fingerprint density at radius 1 is 1.19 bits per heavy atom. The largest absolute Gasteiger partial charge is 0.433 e. The van der Waals surface area contributed by atoms with Gasteiger partial charge in [0.25, 0.3) is 0 Å². The molecule has 0 spiro atoms. The maximum Gasteiger partial charge on any atom is 0.433 e. The Bertz CT molecular complexity index is 636. The summed E-state index contributed by atoms with van der Waals surface area (Å²) in [4.78, 5) is 5.76. The minimum absolute atomic E-state index is 0.210. The third-order valence-electron chi connectivity index (χ3n) is 3.37. The standard InChI is InChI=1S/C14H17F3N4/c1-3-21(4-2)9-5-6-11-10(7-9)12(20-18)8-13(19-11)14(15,16)17/h5-8H,3-4,18H2,1-2H3,(H,19,20). The van der Waals surface area contributed by atoms with Gasteiger partial charge in [-0.15, -0.1) is 0 Å². The van der Waals surface area contributed by atoms with E-state index in [1.54, 1.807) is 18.2 Å². The summed E-state index contributed by atoms with van der Waals surface area (Å²) in [5.41, 5.74) is 2.76. The number of halogens is 3. The van der Waals surface area contributed by atoms with E-state index in [2.05, 4.69) is 15.3 Å². The molecule has 0 atom stereocenters. The molecule has 0 aliphatic rings. The highest BCUT2D eigenvalue weighted by Crippen LogP contribution is 2.34. The number of nitrogen functional groups attached to an aromatic ring is 1. The molecule has 0 fully saturated rings. The van der Waals surface area contributed by atoms with Gasteiger partial charge in [0.1, 0.15) is 5.69 Å². The summed E-state index contributed by atoms with van der Waals surface area (Å²) in [5.74, 6) is 5.36. The highest BCUT2D eigenvalue weighted by molar-refractivity contribution is 5.93. The third kappa shape index (κ3) is 3.02. The Balaban J connectivity index is 2.62. The number of nitrogens with zero attached hydrogens (tertiary/aromatic N) is 2. The molecule has 1 heterocycles. The van der Waals surface area contributed by atoms with Crippen molar-refractivity contribution in [2.24, 2.45) is 5.84 Å². The van der Waals surface area contributed by atoms with Gasteiger partial charge in [-0.3, -0.25) is 5.84 Å². The molecule has 0 saturated carbocycles. The first-order valence-corrected chi connectivity index (χ1v) is 6.64. The first kappa shape index (κ1) is 15.4. The van der Waals surface area contributed by atoms with Crippen LogP contribution in [0, 0.1) is 0 Å². The van der Waals surface area contributed by atoms with Gasteiger partial charge in [0.2, 0.25) is 0 Å². The topological polar surface area (TPSA) is 54.2 Å². The van der Waals surface area contributed by atoms with Crippen LogP contribution in [0.4, 0.5) is 24.5 Å². The van der Waals surface area contributed by atoms with Crippen molar-refractivity contribution in [3.05, 3.63) is 30.0 Å². The second kappa shape index (κ2) is 5.77. The lowest BCUT2D eigenvalue weighted by molar-refractivity contribution is -0.140. The zero-order valence-electron chi connectivity index (χ0n) is 11.8. The summed E-state index contributed by atoms with van der Waals surface area (Å²) >= 11 is 0. The lowest BCUT2D eigenvalue weighted by atomic mass is 10.1. The fourth-order valence-electron chi connectivity index (χ4n) is 2.26. The molecular weight excluding hydrogens is 281 g/mol. The first-order valence-electron chi connectivity index (χ1n) is 6.64. The van der Waals surface area contributed by atoms with Crippen LogP contribution in [0.2, 0.25) is 0 Å². The van der Waals surface area contributed by atoms with E-state index in [4.69, 9.17) is 5.84 Å². The van der Waals surface area contributed by atoms with Gasteiger partial charge in [0.05, 0.1) is 11.2 Å². The Morgan fingerprint density at radius 3 is 2.38 bits per heavy atom. The number of alkyl halides is 3. The lowest BCUT2D eigenvalue weighted by Crippen LogP contribution is -2.21. The molecular formula is C14H17F3N4. The number of hydrogen-bond donors (Lipinski definition) is 2. The van der Waals surface area contributed by atoms with Crippen molar-refractivity contribution in [2.45, 2.75) is 20.0 Å². The van der Waals surface area contributed by atoms with Gasteiger partial charge in [0, 0.05) is 24.2 Å². The zero-order valence-corrected chi connectivity index (χ0v) is 11.8. The quantitative estimate of drug-likeness (QED) is 0.671. The number of rotatable bonds is 4. The van der Waals surface area contributed by atoms with Crippen LogP contribution in [0.15, 0.2) is 24.3 Å². The molecule has 0 amide bonds. The summed E-state index contributed by atoms with van der Waals surface area (Å²) in [7, 11) is 0. The van der Waals surface area contributed by atoms with Gasteiger partial charge in [0.15, 0.2) is 0 Å². The van der Waals surface area contributed by atoms with Crippen LogP contribution in [0.3, 0.4) is 0 Å². The van der Waals surface area contributed by atoms with Crippen molar-refractivity contribution in [2.75, 3.05) is 23.4 Å². The second-order valence-electron chi connectivity index (χ2n) is 4.57. The van der Waals surface area contributed by atoms with Crippen molar-refractivity contribution in [1.82, 2.24) is 4.98 Å². The van der Waals surface area contributed by atoms with Crippen molar-refractivity contribution in [3.8, 4) is 0 Å². The fraction of sp³-hybridized carbons (Fsp3) is 0.357. The molecule has 4 nitrogen and oxygen atoms in total. The van der Waals surface area contributed by atoms with E-state index in [0.717, 1.165) is 24.8 Å². The summed E-state index contributed by atoms with van der Waals surface area (Å²) < 4.78 is 38.4. The minimum Gasteiger partial charge on any atom is -0.372 e. The van der Waals surface area contributed by atoms with E-state index in [0.29, 0.717) is 5.39 Å². The third-order valence-corrected chi connectivity index (χ3v) is 3.37. The number of aromatic nitrogens is 1. The summed E-state index contributed by atoms with van der Waals surface area (Å²) in [6.07, 6.45) is -4.50. The second-order valence-corrected chi connectivity index (χ2v) is 4.57. The number of benzene rings is 1. The minimum atomic E-state index is -4.50. The number of nitrogens with two attached hydrogens (primary N) is 1. The molecule has 0 unspecified atom stereocenters. The van der Waals surface area contributed by atoms with Crippen molar-refractivity contribution < 1.29 is 13.2 Å². The van der Waals surface area contributed by atoms with E-state index < -0.39 is 11.9 Å². The zero-order chi connectivity index (χ0) is 15.6. The molecule has 1 aromatic carbocycles. The van der Waals surface area contributed by atoms with E-state index in [1.165, 1.54) is 0 Å². The van der Waals surface area contributed by atoms with Crippen LogP contribution in [-0.2, 0) is 6.18 Å². The number of hydrazine groups is 1. The van der Waals surface area contributed by atoms with Crippen LogP contribution >= 0.6 is 0 Å². The van der Waals surface area contributed by atoms with Gasteiger partial charge in [-0.2, -0.15) is 13.2 Å². The molecule has 3 N–H and O–H groups in total. The van der Waals surface area contributed by atoms with Crippen LogP contribution in [0.5, 0.6) is 0 Å². The van der Waals surface area contributed by atoms with Crippen molar-refractivity contribution in [3.63, 3.8) is 0 Å². The predicted molar refractivity (Wildman–Crippen MR) is 78.1 cm³/mol. The lowest BCUT2D eigenvalue weighted by Gasteiger charge is -2.22. The Labute approximate surface area is 120 Å². The van der Waals surface area contributed by atoms with Gasteiger partial charge in [-0.25, -0.2) is 4.98 Å². The number of anilines is 2. The maximum atomic E-state index is 12.8. The van der Waals surface area contributed by atoms with E-state index in [1.807, 2.05) is 13.8 Å². The highest BCUT2D eigenvalue weighted by Gasteiger charge is 2.33. The number of hydrogen-bond acceptors (Lipinski definition) is 4. The predicted octanol–water partition coefficient (Wildman–Crippen LogP) is 3.39. The normalized spacial score (nSPS) is 11.7. The molecule has 0 saturated heterocycles. The summed E-state index contributed by atoms with van der Waals surface area (Å²) in [6.45, 7) is 5.64. The average Bonchev–Trinajstić information content (AvgIpc) is 2.46. The van der Waals surface area contributed by atoms with E-state index >= 15 is 0 Å². The van der Waals surface area contributed by atoms with Crippen LogP contribution in [0.25, 0.3) is 10.9 Å². The number of pyridine rings is 1. The van der Waals surface area contributed by atoms with Crippen LogP contribution in [-0.4, -0.2) is 18.1 Å². The Morgan fingerprint density at radius 2 is 1.86 bits per heavy atom. The molecule has 0 aliphatic carbocycles. The smallest absolute Gasteiger partial charge is 0.372 e. The number of nitrogens with one attached hydrogen (secondary N) is 1. The molecule has 21 heavy (non-hydrogen) atoms. The molecule has 1 aromatic heterocycles. The molecule has 2 aromatic rings. The molecule has 0 aliphatic heterocycles. The van der Waals surface area contributed by atoms with E-state index in [-0.39, 0.29) is 11.2 Å². The fourth-order valence-corrected chi connectivity index (χ4v) is 2.26. The monoisotopic (exact) mass is 298 g/mol. The highest BCUT2D eigenvalue weighted by atomic mass is 19.4. The van der Waals surface area contributed by atoms with Crippen LogP contribution < -0.4 is 16.2 Å². The SMILES string of the molecule is CCN(CC)c1ccc2nc(C(F)(F)F)cc(NN)c2c1. The van der Waals surface area contributed by atoms with E-state index in [9.17, 15) is 13.2 Å². The Kier molecular flexibility index (Phi) is 4.22. The molecule has 0 bridgehead atoms. The van der Waals surface area contributed by atoms with Gasteiger partial charge in [-0.05, 0) is 38.1 Å². The molecule has 114 valence electrons. The molecule has 2 rings (SSSR count). The summed E-state index contributed by atoms with van der Waals surface area (Å²) in [5, 5.41) is 0.565. The Hall–Kier alpha value is -2.02. The molecule has 0 radical (unpaired) electrons. The first-order chi connectivity index (χ1) is 9.90. The van der Waals surface area contributed by atoms with Crippen molar-refractivity contribution in [1.29, 1.82) is 0 Å². The maximum absolute atomic E-state index is 12.8. The molecule has 7 heteroatoms. The van der Waals surface area contributed by atoms with Gasteiger partial charge in [-0.1, -0.05) is 0 Å². The van der Waals surface area contributed by atoms with Crippen LogP contribution in [0.1, 0.15) is 19.5 Å². The van der Waals surface area contributed by atoms with Gasteiger partial charge >= 0.3 is 6.18 Å². The van der Waals surface area contributed by atoms with Gasteiger partial charge < -0.3 is 10.3 Å².